The van der Waals surface area contributed by atoms with Gasteiger partial charge in [-0.3, -0.25) is 9.00 Å². The fourth-order valence-electron chi connectivity index (χ4n) is 1.25. The number of esters is 1. The van der Waals surface area contributed by atoms with Crippen molar-refractivity contribution in [2.45, 2.75) is 32.1 Å². The van der Waals surface area contributed by atoms with Crippen molar-refractivity contribution < 1.29 is 28.1 Å². The van der Waals surface area contributed by atoms with Crippen LogP contribution in [0.4, 0.5) is 0 Å². The van der Waals surface area contributed by atoms with Gasteiger partial charge in [-0.05, 0) is 25.5 Å². The van der Waals surface area contributed by atoms with E-state index in [1.54, 1.807) is 6.92 Å². The van der Waals surface area contributed by atoms with E-state index < -0.39 is 22.7 Å². The van der Waals surface area contributed by atoms with E-state index in [4.69, 9.17) is 14.3 Å². The number of aromatic carboxylic acids is 1. The largest absolute Gasteiger partial charge is 0.475 e. The molecule has 1 N–H and O–H groups in total. The van der Waals surface area contributed by atoms with E-state index >= 15 is 0 Å². The van der Waals surface area contributed by atoms with E-state index in [-0.39, 0.29) is 29.1 Å². The summed E-state index contributed by atoms with van der Waals surface area (Å²) in [6.07, 6.45) is 0.491. The SMILES string of the molecule is CCC(C)OC(=O)CS(=O)Cc1ccc(C(=O)O)o1. The molecule has 0 radical (unpaired) electrons. The second kappa shape index (κ2) is 7.08. The van der Waals surface area contributed by atoms with E-state index in [1.165, 1.54) is 12.1 Å². The van der Waals surface area contributed by atoms with Crippen LogP contribution in [0.2, 0.25) is 0 Å². The van der Waals surface area contributed by atoms with E-state index in [0.29, 0.717) is 6.42 Å². The maximum atomic E-state index is 11.7. The van der Waals surface area contributed by atoms with Crippen LogP contribution >= 0.6 is 0 Å². The highest BCUT2D eigenvalue weighted by molar-refractivity contribution is 7.84. The standard InChI is InChI=1S/C12H16O6S/c1-3-8(2)17-11(13)7-19(16)6-9-4-5-10(18-9)12(14)15/h4-5,8H,3,6-7H2,1-2H3,(H,14,15). The first-order valence-electron chi connectivity index (χ1n) is 5.78. The molecule has 2 atom stereocenters. The van der Waals surface area contributed by atoms with Gasteiger partial charge >= 0.3 is 11.9 Å². The average Bonchev–Trinajstić information content (AvgIpc) is 2.76. The Morgan fingerprint density at radius 1 is 1.47 bits per heavy atom. The molecule has 1 heterocycles. The molecule has 0 aliphatic heterocycles. The molecule has 0 saturated carbocycles. The zero-order valence-corrected chi connectivity index (χ0v) is 11.6. The van der Waals surface area contributed by atoms with Gasteiger partial charge in [0.2, 0.25) is 5.76 Å². The van der Waals surface area contributed by atoms with Crippen LogP contribution in [0.3, 0.4) is 0 Å². The van der Waals surface area contributed by atoms with Crippen molar-refractivity contribution in [1.82, 2.24) is 0 Å². The van der Waals surface area contributed by atoms with Gasteiger partial charge < -0.3 is 14.3 Å². The Labute approximate surface area is 113 Å². The van der Waals surface area contributed by atoms with Crippen molar-refractivity contribution in [2.24, 2.45) is 0 Å². The minimum absolute atomic E-state index is 0.0110. The molecule has 0 fully saturated rings. The lowest BCUT2D eigenvalue weighted by Gasteiger charge is -2.09. The molecule has 0 spiro atoms. The zero-order chi connectivity index (χ0) is 14.4. The Morgan fingerprint density at radius 3 is 2.68 bits per heavy atom. The predicted octanol–water partition coefficient (Wildman–Crippen LogP) is 1.57. The van der Waals surface area contributed by atoms with Gasteiger partial charge in [0.25, 0.3) is 0 Å². The number of carboxylic acid groups (broad SMARTS) is 1. The molecule has 0 amide bonds. The normalized spacial score (nSPS) is 13.8. The van der Waals surface area contributed by atoms with Gasteiger partial charge in [-0.25, -0.2) is 4.79 Å². The van der Waals surface area contributed by atoms with Gasteiger partial charge in [-0.1, -0.05) is 6.92 Å². The summed E-state index contributed by atoms with van der Waals surface area (Å²) in [5.74, 6) is -1.90. The molecule has 7 heteroatoms. The third kappa shape index (κ3) is 5.25. The molecule has 106 valence electrons. The molecule has 0 bridgehead atoms. The van der Waals surface area contributed by atoms with Gasteiger partial charge in [0.15, 0.2) is 0 Å². The number of hydrogen-bond acceptors (Lipinski definition) is 5. The average molecular weight is 288 g/mol. The van der Waals surface area contributed by atoms with Crippen molar-refractivity contribution in [3.8, 4) is 0 Å². The second-order valence-corrected chi connectivity index (χ2v) is 5.47. The van der Waals surface area contributed by atoms with Crippen molar-refractivity contribution in [3.63, 3.8) is 0 Å². The van der Waals surface area contributed by atoms with Crippen LogP contribution in [0, 0.1) is 0 Å². The lowest BCUT2D eigenvalue weighted by Crippen LogP contribution is -2.20. The van der Waals surface area contributed by atoms with Gasteiger partial charge in [0, 0.05) is 10.8 Å². The molecule has 0 aliphatic rings. The number of ether oxygens (including phenoxy) is 1. The predicted molar refractivity (Wildman–Crippen MR) is 68.2 cm³/mol. The van der Waals surface area contributed by atoms with Crippen molar-refractivity contribution in [2.75, 3.05) is 5.75 Å². The molecule has 2 unspecified atom stereocenters. The van der Waals surface area contributed by atoms with Crippen LogP contribution < -0.4 is 0 Å². The van der Waals surface area contributed by atoms with Crippen LogP contribution in [-0.2, 0) is 26.1 Å². The van der Waals surface area contributed by atoms with Crippen molar-refractivity contribution >= 4 is 22.7 Å². The molecule has 0 aliphatic carbocycles. The van der Waals surface area contributed by atoms with Gasteiger partial charge in [-0.2, -0.15) is 0 Å². The van der Waals surface area contributed by atoms with E-state index in [2.05, 4.69) is 0 Å². The second-order valence-electron chi connectivity index (χ2n) is 4.01. The van der Waals surface area contributed by atoms with Crippen LogP contribution in [-0.4, -0.2) is 33.1 Å². The summed E-state index contributed by atoms with van der Waals surface area (Å²) in [6.45, 7) is 3.64. The monoisotopic (exact) mass is 288 g/mol. The van der Waals surface area contributed by atoms with Gasteiger partial charge in [-0.15, -0.1) is 0 Å². The summed E-state index contributed by atoms with van der Waals surface area (Å²) >= 11 is 0. The highest BCUT2D eigenvalue weighted by atomic mass is 32.2. The molecule has 6 nitrogen and oxygen atoms in total. The quantitative estimate of drug-likeness (QED) is 0.765. The topological polar surface area (TPSA) is 93.8 Å². The number of carboxylic acids is 1. The van der Waals surface area contributed by atoms with Crippen LogP contribution in [0.1, 0.15) is 36.6 Å². The lowest BCUT2D eigenvalue weighted by atomic mass is 10.3. The van der Waals surface area contributed by atoms with Crippen LogP contribution in [0.15, 0.2) is 16.5 Å². The molecular formula is C12H16O6S. The van der Waals surface area contributed by atoms with E-state index in [9.17, 15) is 13.8 Å². The summed E-state index contributed by atoms with van der Waals surface area (Å²) in [5.41, 5.74) is 0. The first-order valence-corrected chi connectivity index (χ1v) is 7.27. The Hall–Kier alpha value is -1.63. The molecule has 1 rings (SSSR count). The maximum Gasteiger partial charge on any atom is 0.371 e. The third-order valence-electron chi connectivity index (χ3n) is 2.36. The number of hydrogen-bond donors (Lipinski definition) is 1. The van der Waals surface area contributed by atoms with Gasteiger partial charge in [0.1, 0.15) is 11.5 Å². The van der Waals surface area contributed by atoms with Crippen LogP contribution in [0.25, 0.3) is 0 Å². The number of carbonyl (C=O) groups excluding carboxylic acids is 1. The van der Waals surface area contributed by atoms with Crippen molar-refractivity contribution in [1.29, 1.82) is 0 Å². The fraction of sp³-hybridized carbons (Fsp3) is 0.500. The fourth-order valence-corrected chi connectivity index (χ4v) is 2.16. The molecular weight excluding hydrogens is 272 g/mol. The summed E-state index contributed by atoms with van der Waals surface area (Å²) in [6, 6.07) is 2.72. The Bertz CT molecular complexity index is 478. The molecule has 1 aromatic rings. The number of furan rings is 1. The van der Waals surface area contributed by atoms with Crippen LogP contribution in [0.5, 0.6) is 0 Å². The minimum atomic E-state index is -1.48. The first-order chi connectivity index (χ1) is 8.92. The summed E-state index contributed by atoms with van der Waals surface area (Å²) in [7, 11) is -1.48. The number of rotatable bonds is 7. The lowest BCUT2D eigenvalue weighted by molar-refractivity contribution is -0.145. The zero-order valence-electron chi connectivity index (χ0n) is 10.8. The maximum absolute atomic E-state index is 11.7. The summed E-state index contributed by atoms with van der Waals surface area (Å²) < 4.78 is 21.6. The smallest absolute Gasteiger partial charge is 0.371 e. The summed E-state index contributed by atoms with van der Waals surface area (Å²) in [5, 5.41) is 8.66. The molecule has 19 heavy (non-hydrogen) atoms. The highest BCUT2D eigenvalue weighted by Crippen LogP contribution is 2.10. The third-order valence-corrected chi connectivity index (χ3v) is 3.53. The van der Waals surface area contributed by atoms with Gasteiger partial charge in [0.05, 0.1) is 11.9 Å². The Kier molecular flexibility index (Phi) is 5.75. The molecule has 0 aromatic carbocycles. The van der Waals surface area contributed by atoms with E-state index in [0.717, 1.165) is 0 Å². The number of carbonyl (C=O) groups is 2. The highest BCUT2D eigenvalue weighted by Gasteiger charge is 2.15. The summed E-state index contributed by atoms with van der Waals surface area (Å²) in [4.78, 5) is 22.0. The first kappa shape index (κ1) is 15.4. The van der Waals surface area contributed by atoms with E-state index in [1.807, 2.05) is 6.92 Å². The van der Waals surface area contributed by atoms with Crippen molar-refractivity contribution in [3.05, 3.63) is 23.7 Å². The molecule has 0 saturated heterocycles. The Balaban J connectivity index is 2.46. The Morgan fingerprint density at radius 2 is 2.16 bits per heavy atom. The minimum Gasteiger partial charge on any atom is -0.475 e. The molecule has 1 aromatic heterocycles.